The number of aryl methyl sites for hydroxylation is 3. The van der Waals surface area contributed by atoms with Gasteiger partial charge >= 0.3 is 11.8 Å². The number of hydrogen-bond acceptors (Lipinski definition) is 5. The van der Waals surface area contributed by atoms with Crippen LogP contribution in [-0.2, 0) is 16.6 Å². The highest BCUT2D eigenvalue weighted by molar-refractivity contribution is 7.11. The number of thiazole rings is 1. The van der Waals surface area contributed by atoms with Crippen LogP contribution in [0.4, 0.5) is 5.82 Å². The van der Waals surface area contributed by atoms with Gasteiger partial charge in [0.2, 0.25) is 0 Å². The summed E-state index contributed by atoms with van der Waals surface area (Å²) in [7, 11) is 1.73. The molecule has 1 aliphatic rings. The van der Waals surface area contributed by atoms with Crippen LogP contribution in [0.3, 0.4) is 0 Å². The van der Waals surface area contributed by atoms with Gasteiger partial charge in [-0.3, -0.25) is 14.3 Å². The summed E-state index contributed by atoms with van der Waals surface area (Å²) in [4.78, 5) is 30.0. The molecule has 1 saturated carbocycles. The zero-order chi connectivity index (χ0) is 17.4. The van der Waals surface area contributed by atoms with E-state index in [1.54, 1.807) is 29.3 Å². The van der Waals surface area contributed by atoms with E-state index in [1.807, 2.05) is 20.8 Å². The summed E-state index contributed by atoms with van der Waals surface area (Å²) in [6, 6.07) is -0.184. The van der Waals surface area contributed by atoms with Gasteiger partial charge in [-0.25, -0.2) is 4.98 Å². The molecule has 128 valence electrons. The Hall–Kier alpha value is -2.22. The van der Waals surface area contributed by atoms with Gasteiger partial charge in [-0.05, 0) is 39.5 Å². The van der Waals surface area contributed by atoms with Crippen LogP contribution in [0.5, 0.6) is 0 Å². The van der Waals surface area contributed by atoms with Gasteiger partial charge in [0, 0.05) is 23.7 Å². The first kappa shape index (κ1) is 16.6. The molecule has 2 aromatic heterocycles. The molecule has 3 rings (SSSR count). The molecule has 2 heterocycles. The topological polar surface area (TPSA) is 88.9 Å². The predicted molar refractivity (Wildman–Crippen MR) is 91.8 cm³/mol. The van der Waals surface area contributed by atoms with Crippen molar-refractivity contribution < 1.29 is 9.59 Å². The summed E-state index contributed by atoms with van der Waals surface area (Å²) in [5.74, 6) is -0.410. The molecule has 0 radical (unpaired) electrons. The second kappa shape index (κ2) is 6.35. The Morgan fingerprint density at radius 1 is 1.29 bits per heavy atom. The normalized spacial score (nSPS) is 15.2. The number of anilines is 1. The third kappa shape index (κ3) is 3.33. The summed E-state index contributed by atoms with van der Waals surface area (Å²) in [6.07, 6.45) is 3.89. The molecule has 2 amide bonds. The van der Waals surface area contributed by atoms with Crippen LogP contribution in [0.2, 0.25) is 0 Å². The largest absolute Gasteiger partial charge is 0.338 e. The Morgan fingerprint density at radius 2 is 2.00 bits per heavy atom. The third-order valence-corrected chi connectivity index (χ3v) is 5.24. The van der Waals surface area contributed by atoms with E-state index in [9.17, 15) is 9.59 Å². The SMILES string of the molecule is Cc1cnc([C@H](NC(=O)C(=O)Nc2c(C)c(C)nn2C)C2CC2)s1. The maximum Gasteiger partial charge on any atom is 0.314 e. The van der Waals surface area contributed by atoms with Crippen molar-refractivity contribution in [3.63, 3.8) is 0 Å². The molecule has 2 N–H and O–H groups in total. The van der Waals surface area contributed by atoms with Crippen LogP contribution in [0, 0.1) is 26.7 Å². The van der Waals surface area contributed by atoms with Crippen LogP contribution in [0.25, 0.3) is 0 Å². The second-order valence-electron chi connectivity index (χ2n) is 6.23. The molecule has 7 nitrogen and oxygen atoms in total. The van der Waals surface area contributed by atoms with Crippen LogP contribution in [-0.4, -0.2) is 26.6 Å². The van der Waals surface area contributed by atoms with E-state index in [1.165, 1.54) is 0 Å². The van der Waals surface area contributed by atoms with E-state index in [-0.39, 0.29) is 6.04 Å². The van der Waals surface area contributed by atoms with Crippen molar-refractivity contribution in [2.75, 3.05) is 5.32 Å². The standard InChI is InChI=1S/C16H21N5O2S/c1-8-7-17-16(24-8)12(11-5-6-11)18-14(22)15(23)19-13-9(2)10(3)20-21(13)4/h7,11-12H,5-6H2,1-4H3,(H,18,22)(H,19,23)/t12-/m1/s1. The van der Waals surface area contributed by atoms with Crippen molar-refractivity contribution in [1.82, 2.24) is 20.1 Å². The maximum absolute atomic E-state index is 12.3. The Balaban J connectivity index is 1.70. The molecule has 0 saturated heterocycles. The Morgan fingerprint density at radius 3 is 2.50 bits per heavy atom. The summed E-state index contributed by atoms with van der Waals surface area (Å²) in [5, 5.41) is 10.6. The van der Waals surface area contributed by atoms with Crippen molar-refractivity contribution in [2.45, 2.75) is 39.7 Å². The van der Waals surface area contributed by atoms with Crippen molar-refractivity contribution in [1.29, 1.82) is 0 Å². The molecule has 1 fully saturated rings. The Bertz CT molecular complexity index is 790. The van der Waals surface area contributed by atoms with E-state index in [0.717, 1.165) is 34.0 Å². The number of rotatable bonds is 4. The first-order chi connectivity index (χ1) is 11.4. The Kier molecular flexibility index (Phi) is 4.40. The minimum Gasteiger partial charge on any atom is -0.338 e. The summed E-state index contributed by atoms with van der Waals surface area (Å²) in [5.41, 5.74) is 1.68. The van der Waals surface area contributed by atoms with E-state index in [0.29, 0.717) is 11.7 Å². The van der Waals surface area contributed by atoms with Crippen molar-refractivity contribution in [2.24, 2.45) is 13.0 Å². The second-order valence-corrected chi connectivity index (χ2v) is 7.50. The molecule has 0 aliphatic heterocycles. The maximum atomic E-state index is 12.3. The van der Waals surface area contributed by atoms with Gasteiger partial charge in [-0.15, -0.1) is 11.3 Å². The fourth-order valence-electron chi connectivity index (χ4n) is 2.64. The monoisotopic (exact) mass is 347 g/mol. The molecule has 0 aromatic carbocycles. The van der Waals surface area contributed by atoms with Crippen LogP contribution >= 0.6 is 11.3 Å². The van der Waals surface area contributed by atoms with Crippen molar-refractivity contribution in [3.8, 4) is 0 Å². The summed E-state index contributed by atoms with van der Waals surface area (Å²) in [6.45, 7) is 5.70. The molecular weight excluding hydrogens is 326 g/mol. The first-order valence-electron chi connectivity index (χ1n) is 7.91. The predicted octanol–water partition coefficient (Wildman–Crippen LogP) is 2.01. The highest BCUT2D eigenvalue weighted by Crippen LogP contribution is 2.42. The Labute approximate surface area is 144 Å². The minimum atomic E-state index is -0.681. The zero-order valence-corrected chi connectivity index (χ0v) is 15.0. The van der Waals surface area contributed by atoms with Crippen molar-refractivity contribution >= 4 is 29.0 Å². The van der Waals surface area contributed by atoms with Gasteiger partial charge in [0.15, 0.2) is 0 Å². The lowest BCUT2D eigenvalue weighted by Gasteiger charge is -2.15. The van der Waals surface area contributed by atoms with Gasteiger partial charge in [0.1, 0.15) is 10.8 Å². The molecule has 8 heteroatoms. The molecule has 2 aromatic rings. The van der Waals surface area contributed by atoms with Gasteiger partial charge in [-0.2, -0.15) is 5.10 Å². The fraction of sp³-hybridized carbons (Fsp3) is 0.500. The summed E-state index contributed by atoms with van der Waals surface area (Å²) >= 11 is 1.56. The van der Waals surface area contributed by atoms with Crippen LogP contribution in [0.1, 0.15) is 40.0 Å². The van der Waals surface area contributed by atoms with Crippen LogP contribution < -0.4 is 10.6 Å². The van der Waals surface area contributed by atoms with E-state index in [4.69, 9.17) is 0 Å². The number of hydrogen-bond donors (Lipinski definition) is 2. The van der Waals surface area contributed by atoms with Crippen LogP contribution in [0.15, 0.2) is 6.20 Å². The van der Waals surface area contributed by atoms with Gasteiger partial charge in [0.25, 0.3) is 0 Å². The number of nitrogens with one attached hydrogen (secondary N) is 2. The first-order valence-corrected chi connectivity index (χ1v) is 8.73. The fourth-order valence-corrected chi connectivity index (χ4v) is 3.56. The van der Waals surface area contributed by atoms with Gasteiger partial charge in [0.05, 0.1) is 11.7 Å². The van der Waals surface area contributed by atoms with E-state index in [2.05, 4.69) is 20.7 Å². The van der Waals surface area contributed by atoms with Gasteiger partial charge < -0.3 is 10.6 Å². The molecular formula is C16H21N5O2S. The minimum absolute atomic E-state index is 0.184. The number of carbonyl (C=O) groups is 2. The molecule has 0 spiro atoms. The number of nitrogens with zero attached hydrogens (tertiary/aromatic N) is 3. The summed E-state index contributed by atoms with van der Waals surface area (Å²) < 4.78 is 1.57. The van der Waals surface area contributed by atoms with E-state index < -0.39 is 11.8 Å². The average Bonchev–Trinajstić information content (AvgIpc) is 3.24. The molecule has 0 unspecified atom stereocenters. The van der Waals surface area contributed by atoms with Crippen molar-refractivity contribution in [3.05, 3.63) is 27.3 Å². The number of aromatic nitrogens is 3. The number of amides is 2. The lowest BCUT2D eigenvalue weighted by Crippen LogP contribution is -2.39. The highest BCUT2D eigenvalue weighted by atomic mass is 32.1. The average molecular weight is 347 g/mol. The molecule has 24 heavy (non-hydrogen) atoms. The highest BCUT2D eigenvalue weighted by Gasteiger charge is 2.36. The number of carbonyl (C=O) groups excluding carboxylic acids is 2. The van der Waals surface area contributed by atoms with Gasteiger partial charge in [-0.1, -0.05) is 0 Å². The lowest BCUT2D eigenvalue weighted by atomic mass is 10.2. The smallest absolute Gasteiger partial charge is 0.314 e. The van der Waals surface area contributed by atoms with E-state index >= 15 is 0 Å². The lowest BCUT2D eigenvalue weighted by molar-refractivity contribution is -0.136. The zero-order valence-electron chi connectivity index (χ0n) is 14.2. The third-order valence-electron chi connectivity index (χ3n) is 4.24. The molecule has 1 aliphatic carbocycles. The molecule has 1 atom stereocenters. The quantitative estimate of drug-likeness (QED) is 0.828. The molecule has 0 bridgehead atoms.